The molecule has 5 nitrogen and oxygen atoms in total. The van der Waals surface area contributed by atoms with E-state index in [4.69, 9.17) is 0 Å². The van der Waals surface area contributed by atoms with Crippen molar-refractivity contribution in [2.75, 3.05) is 33.1 Å². The summed E-state index contributed by atoms with van der Waals surface area (Å²) >= 11 is 0. The van der Waals surface area contributed by atoms with E-state index in [2.05, 4.69) is 280 Å². The van der Waals surface area contributed by atoms with Gasteiger partial charge in [0.2, 0.25) is 0 Å². The molecule has 462 valence electrons. The van der Waals surface area contributed by atoms with Gasteiger partial charge in [-0.15, -0.1) is 0 Å². The molecule has 7 rings (SSSR count). The van der Waals surface area contributed by atoms with E-state index in [1.807, 2.05) is 20.2 Å². The summed E-state index contributed by atoms with van der Waals surface area (Å²) < 4.78 is 0. The summed E-state index contributed by atoms with van der Waals surface area (Å²) in [6.07, 6.45) is 35.8. The van der Waals surface area contributed by atoms with E-state index in [9.17, 15) is 0 Å². The third-order valence-corrected chi connectivity index (χ3v) is 15.8. The van der Waals surface area contributed by atoms with Gasteiger partial charge >= 0.3 is 0 Å². The fourth-order valence-electron chi connectivity index (χ4n) is 10.8. The minimum Gasteiger partial charge on any atom is -0.311 e. The van der Waals surface area contributed by atoms with E-state index in [0.717, 1.165) is 34.0 Å². The largest absolute Gasteiger partial charge is 0.311 e. The standard InChI is InChI=1S/C30H46.C22H30N2.C20H19N.C10H14N2/c1-5-7-9-11-13-15-17-27-23-25(3)19-21-29(27)30-22-20-26(4)24-28(30)18-16-14-12-10-8-6-2;1-15(2)9-11-17(5)19-13-14-20(18(6)12-10-16(3)4)22(24-8)21(19)23-7;1-16-8-12-19(13-9-16)21(18-6-4-3-5-7-18)20-14-10-17(2)11-15-20;1-7-5-6-8(2)10(12-4)9(7)11-3/h19-24H,5-18H2,1-4H3;9-14H,1-8H3;3-15H,1-2H3;5-6H,1-4H3/b;17-11+,18-12+,23-21?,24-22?;;. The fraction of sp³-hybridized carbons (Fsp3) is 0.390. The van der Waals surface area contributed by atoms with Crippen LogP contribution < -0.4 is 4.90 Å². The SMILES string of the molecule is CCCCCCCCc1cc(C)ccc1-c1ccc(C)cc1CCCCCCCC.CN=C1C(/C(C)=C/C=C(C)C)=CC=C(/C(C)=C/C=C(C)C)C1=NC.CN=C1C(C)=CC=C(C)C1=NC.Cc1ccc(N(c2ccccc2)c2ccc(C)cc2)cc1. The van der Waals surface area contributed by atoms with Crippen molar-refractivity contribution in [1.82, 2.24) is 0 Å². The van der Waals surface area contributed by atoms with Gasteiger partial charge in [0.15, 0.2) is 0 Å². The molecule has 0 unspecified atom stereocenters. The zero-order valence-corrected chi connectivity index (χ0v) is 57.2. The highest BCUT2D eigenvalue weighted by Crippen LogP contribution is 2.35. The number of hydrogen-bond donors (Lipinski definition) is 0. The molecule has 0 bridgehead atoms. The van der Waals surface area contributed by atoms with Crippen LogP contribution in [-0.4, -0.2) is 51.0 Å². The number of aryl methyl sites for hydroxylation is 6. The Kier molecular flexibility index (Phi) is 32.5. The van der Waals surface area contributed by atoms with Crippen molar-refractivity contribution in [3.05, 3.63) is 242 Å². The lowest BCUT2D eigenvalue weighted by Gasteiger charge is -2.25. The van der Waals surface area contributed by atoms with Gasteiger partial charge in [0.1, 0.15) is 0 Å². The topological polar surface area (TPSA) is 52.7 Å². The highest BCUT2D eigenvalue weighted by molar-refractivity contribution is 6.56. The minimum absolute atomic E-state index is 0.954. The highest BCUT2D eigenvalue weighted by Gasteiger charge is 2.23. The van der Waals surface area contributed by atoms with E-state index in [0.29, 0.717) is 0 Å². The average Bonchev–Trinajstić information content (AvgIpc) is 3.65. The highest BCUT2D eigenvalue weighted by atomic mass is 15.1. The molecule has 0 atom stereocenters. The Balaban J connectivity index is 0.000000258. The van der Waals surface area contributed by atoms with Gasteiger partial charge in [-0.3, -0.25) is 20.0 Å². The predicted octanol–water partition coefficient (Wildman–Crippen LogP) is 23.4. The minimum atomic E-state index is 0.954. The Hall–Kier alpha value is -7.50. The zero-order valence-electron chi connectivity index (χ0n) is 57.2. The van der Waals surface area contributed by atoms with Crippen LogP contribution in [0.15, 0.2) is 228 Å². The Bertz CT molecular complexity index is 3120. The van der Waals surface area contributed by atoms with Crippen molar-refractivity contribution < 1.29 is 0 Å². The molecular formula is C82H109N5. The normalized spacial score (nSPS) is 15.0. The number of anilines is 3. The number of aliphatic imine (C=N–C) groups is 4. The van der Waals surface area contributed by atoms with Gasteiger partial charge in [-0.2, -0.15) is 0 Å². The van der Waals surface area contributed by atoms with Crippen molar-refractivity contribution in [1.29, 1.82) is 0 Å². The van der Waals surface area contributed by atoms with E-state index in [1.54, 1.807) is 25.2 Å². The van der Waals surface area contributed by atoms with Gasteiger partial charge < -0.3 is 4.90 Å². The molecule has 5 aromatic rings. The molecule has 2 aliphatic rings. The van der Waals surface area contributed by atoms with Crippen LogP contribution in [0.2, 0.25) is 0 Å². The van der Waals surface area contributed by atoms with Gasteiger partial charge in [-0.25, -0.2) is 0 Å². The summed E-state index contributed by atoms with van der Waals surface area (Å²) in [5, 5.41) is 0. The molecule has 0 N–H and O–H groups in total. The smallest absolute Gasteiger partial charge is 0.0903 e. The molecule has 5 aromatic carbocycles. The molecular weight excluding hydrogens is 1050 g/mol. The number of benzene rings is 5. The monoisotopic (exact) mass is 1160 g/mol. The lowest BCUT2D eigenvalue weighted by Crippen LogP contribution is -2.23. The van der Waals surface area contributed by atoms with Gasteiger partial charge in [0, 0.05) is 56.4 Å². The Morgan fingerprint density at radius 3 is 1.03 bits per heavy atom. The van der Waals surface area contributed by atoms with Crippen LogP contribution in [0, 0.1) is 27.7 Å². The third kappa shape index (κ3) is 23.9. The second kappa shape index (κ2) is 39.3. The quantitative estimate of drug-likeness (QED) is 0.0387. The van der Waals surface area contributed by atoms with Crippen LogP contribution in [-0.2, 0) is 12.8 Å². The van der Waals surface area contributed by atoms with Gasteiger partial charge in [-0.1, -0.05) is 239 Å². The van der Waals surface area contributed by atoms with Crippen molar-refractivity contribution in [2.24, 2.45) is 20.0 Å². The van der Waals surface area contributed by atoms with Crippen LogP contribution in [0.3, 0.4) is 0 Å². The van der Waals surface area contributed by atoms with Crippen LogP contribution in [0.1, 0.15) is 180 Å². The summed E-state index contributed by atoms with van der Waals surface area (Å²) in [5.74, 6) is 0. The van der Waals surface area contributed by atoms with Crippen LogP contribution in [0.4, 0.5) is 17.1 Å². The fourth-order valence-corrected chi connectivity index (χ4v) is 10.8. The number of rotatable bonds is 22. The van der Waals surface area contributed by atoms with Gasteiger partial charge in [0.05, 0.1) is 22.8 Å². The van der Waals surface area contributed by atoms with Crippen LogP contribution >= 0.6 is 0 Å². The molecule has 0 saturated heterocycles. The summed E-state index contributed by atoms with van der Waals surface area (Å²) in [6, 6.07) is 42.0. The Morgan fingerprint density at radius 2 is 0.690 bits per heavy atom. The molecule has 0 amide bonds. The molecule has 0 saturated carbocycles. The lowest BCUT2D eigenvalue weighted by atomic mass is 9.86. The summed E-state index contributed by atoms with van der Waals surface area (Å²) in [4.78, 5) is 19.8. The molecule has 0 fully saturated rings. The number of unbranched alkanes of at least 4 members (excludes halogenated alkanes) is 10. The van der Waals surface area contributed by atoms with E-state index in [1.165, 1.54) is 174 Å². The maximum absolute atomic E-state index is 4.53. The first-order chi connectivity index (χ1) is 41.9. The first-order valence-corrected chi connectivity index (χ1v) is 32.4. The van der Waals surface area contributed by atoms with Crippen molar-refractivity contribution in [3.8, 4) is 11.1 Å². The average molecular weight is 1160 g/mol. The van der Waals surface area contributed by atoms with Crippen molar-refractivity contribution in [3.63, 3.8) is 0 Å². The van der Waals surface area contributed by atoms with E-state index < -0.39 is 0 Å². The molecule has 0 radical (unpaired) electrons. The van der Waals surface area contributed by atoms with E-state index >= 15 is 0 Å². The maximum Gasteiger partial charge on any atom is 0.0903 e. The molecule has 87 heavy (non-hydrogen) atoms. The second-order valence-electron chi connectivity index (χ2n) is 24.0. The zero-order chi connectivity index (χ0) is 63.7. The molecule has 2 aliphatic carbocycles. The van der Waals surface area contributed by atoms with Crippen molar-refractivity contribution in [2.45, 2.75) is 187 Å². The van der Waals surface area contributed by atoms with Gasteiger partial charge in [-0.05, 0) is 190 Å². The lowest BCUT2D eigenvalue weighted by molar-refractivity contribution is 0.607. The summed E-state index contributed by atoms with van der Waals surface area (Å²) in [6.45, 7) is 30.0. The van der Waals surface area contributed by atoms with E-state index in [-0.39, 0.29) is 0 Å². The van der Waals surface area contributed by atoms with Crippen molar-refractivity contribution >= 4 is 39.9 Å². The number of nitrogens with zero attached hydrogens (tertiary/aromatic N) is 5. The molecule has 0 spiro atoms. The number of allylic oxidation sites excluding steroid dienone is 16. The Morgan fingerprint density at radius 1 is 0.356 bits per heavy atom. The van der Waals surface area contributed by atoms with Gasteiger partial charge in [0.25, 0.3) is 0 Å². The first kappa shape index (κ1) is 72.0. The second-order valence-corrected chi connectivity index (χ2v) is 24.0. The third-order valence-electron chi connectivity index (χ3n) is 15.8. The molecule has 0 aliphatic heterocycles. The number of para-hydroxylation sites is 1. The molecule has 0 heterocycles. The summed E-state index contributed by atoms with van der Waals surface area (Å²) in [7, 11) is 7.27. The predicted molar refractivity (Wildman–Crippen MR) is 390 cm³/mol. The van der Waals surface area contributed by atoms with Crippen LogP contribution in [0.5, 0.6) is 0 Å². The Labute approximate surface area is 529 Å². The summed E-state index contributed by atoms with van der Waals surface area (Å²) in [5.41, 5.74) is 28.4. The van der Waals surface area contributed by atoms with Crippen LogP contribution in [0.25, 0.3) is 11.1 Å². The number of hydrogen-bond acceptors (Lipinski definition) is 5. The maximum atomic E-state index is 4.53. The molecule has 0 aromatic heterocycles. The molecule has 5 heteroatoms. The first-order valence-electron chi connectivity index (χ1n) is 32.4.